The fourth-order valence-electron chi connectivity index (χ4n) is 2.10. The van der Waals surface area contributed by atoms with Crippen LogP contribution in [0.2, 0.25) is 0 Å². The Bertz CT molecular complexity index is 393. The number of hydrogen-bond donors (Lipinski definition) is 2. The SMILES string of the molecule is COc1cc(C(C)C)ccc1N(C)C(CO)CCO. The topological polar surface area (TPSA) is 52.9 Å². The summed E-state index contributed by atoms with van der Waals surface area (Å²) >= 11 is 0. The zero-order valence-electron chi connectivity index (χ0n) is 12.3. The quantitative estimate of drug-likeness (QED) is 0.793. The van der Waals surface area contributed by atoms with Gasteiger partial charge >= 0.3 is 0 Å². The van der Waals surface area contributed by atoms with Crippen molar-refractivity contribution in [3.05, 3.63) is 23.8 Å². The minimum Gasteiger partial charge on any atom is -0.495 e. The van der Waals surface area contributed by atoms with E-state index in [1.807, 2.05) is 24.1 Å². The minimum absolute atomic E-state index is 0.00610. The third-order valence-corrected chi connectivity index (χ3v) is 3.47. The first-order valence-corrected chi connectivity index (χ1v) is 6.67. The molecule has 1 atom stereocenters. The van der Waals surface area contributed by atoms with Crippen LogP contribution in [0.15, 0.2) is 18.2 Å². The summed E-state index contributed by atoms with van der Waals surface area (Å²) in [5.41, 5.74) is 2.15. The highest BCUT2D eigenvalue weighted by Crippen LogP contribution is 2.32. The average molecular weight is 267 g/mol. The van der Waals surface area contributed by atoms with Crippen LogP contribution in [0.4, 0.5) is 5.69 Å². The van der Waals surface area contributed by atoms with E-state index in [4.69, 9.17) is 9.84 Å². The van der Waals surface area contributed by atoms with E-state index in [0.29, 0.717) is 12.3 Å². The lowest BCUT2D eigenvalue weighted by atomic mass is 10.0. The van der Waals surface area contributed by atoms with Gasteiger partial charge in [0.1, 0.15) is 5.75 Å². The molecule has 1 aromatic carbocycles. The summed E-state index contributed by atoms with van der Waals surface area (Å²) in [5, 5.41) is 18.4. The second kappa shape index (κ2) is 7.36. The van der Waals surface area contributed by atoms with Gasteiger partial charge in [-0.25, -0.2) is 0 Å². The first kappa shape index (κ1) is 15.8. The van der Waals surface area contributed by atoms with Crippen LogP contribution in [0.3, 0.4) is 0 Å². The summed E-state index contributed by atoms with van der Waals surface area (Å²) in [7, 11) is 3.56. The van der Waals surface area contributed by atoms with Crippen LogP contribution in [-0.4, -0.2) is 43.6 Å². The summed E-state index contributed by atoms with van der Waals surface area (Å²) < 4.78 is 5.44. The fourth-order valence-corrected chi connectivity index (χ4v) is 2.10. The standard InChI is InChI=1S/C15H25NO3/c1-11(2)12-5-6-14(15(9-12)19-4)16(3)13(10-18)7-8-17/h5-6,9,11,13,17-18H,7-8,10H2,1-4H3. The molecule has 4 nitrogen and oxygen atoms in total. The maximum Gasteiger partial charge on any atom is 0.142 e. The molecule has 0 spiro atoms. The summed E-state index contributed by atoms with van der Waals surface area (Å²) in [4.78, 5) is 1.96. The van der Waals surface area contributed by atoms with Gasteiger partial charge in [-0.15, -0.1) is 0 Å². The van der Waals surface area contributed by atoms with Crippen molar-refractivity contribution in [1.82, 2.24) is 0 Å². The molecule has 0 aliphatic heterocycles. The second-order valence-electron chi connectivity index (χ2n) is 5.05. The number of rotatable bonds is 7. The molecule has 1 rings (SSSR count). The molecule has 0 fully saturated rings. The third-order valence-electron chi connectivity index (χ3n) is 3.47. The van der Waals surface area contributed by atoms with Crippen molar-refractivity contribution < 1.29 is 14.9 Å². The Kier molecular flexibility index (Phi) is 6.12. The summed E-state index contributed by atoms with van der Waals surface area (Å²) in [5.74, 6) is 1.24. The van der Waals surface area contributed by atoms with Crippen molar-refractivity contribution in [3.63, 3.8) is 0 Å². The van der Waals surface area contributed by atoms with E-state index in [-0.39, 0.29) is 19.3 Å². The molecule has 2 N–H and O–H groups in total. The number of aliphatic hydroxyl groups excluding tert-OH is 2. The highest BCUT2D eigenvalue weighted by molar-refractivity contribution is 5.60. The van der Waals surface area contributed by atoms with Gasteiger partial charge in [0.15, 0.2) is 0 Å². The summed E-state index contributed by atoms with van der Waals surface area (Å²) in [6, 6.07) is 6.01. The van der Waals surface area contributed by atoms with Gasteiger partial charge in [-0.05, 0) is 30.0 Å². The van der Waals surface area contributed by atoms with Crippen LogP contribution in [0, 0.1) is 0 Å². The number of nitrogens with zero attached hydrogens (tertiary/aromatic N) is 1. The maximum atomic E-state index is 9.40. The first-order valence-electron chi connectivity index (χ1n) is 6.67. The third kappa shape index (κ3) is 3.85. The van der Waals surface area contributed by atoms with Gasteiger partial charge in [-0.3, -0.25) is 0 Å². The Labute approximate surface area is 115 Å². The van der Waals surface area contributed by atoms with Crippen molar-refractivity contribution in [2.45, 2.75) is 32.2 Å². The molecular weight excluding hydrogens is 242 g/mol. The van der Waals surface area contributed by atoms with E-state index < -0.39 is 0 Å². The molecule has 0 radical (unpaired) electrons. The van der Waals surface area contributed by atoms with Gasteiger partial charge in [-0.1, -0.05) is 19.9 Å². The molecule has 0 aliphatic carbocycles. The van der Waals surface area contributed by atoms with E-state index in [0.717, 1.165) is 11.4 Å². The van der Waals surface area contributed by atoms with Crippen molar-refractivity contribution in [2.75, 3.05) is 32.3 Å². The fraction of sp³-hybridized carbons (Fsp3) is 0.600. The highest BCUT2D eigenvalue weighted by atomic mass is 16.5. The molecule has 4 heteroatoms. The van der Waals surface area contributed by atoms with E-state index in [1.165, 1.54) is 5.56 Å². The molecule has 19 heavy (non-hydrogen) atoms. The van der Waals surface area contributed by atoms with Crippen LogP contribution in [0.25, 0.3) is 0 Å². The molecule has 0 aliphatic rings. The number of aliphatic hydroxyl groups is 2. The molecule has 0 heterocycles. The highest BCUT2D eigenvalue weighted by Gasteiger charge is 2.18. The number of hydrogen-bond acceptors (Lipinski definition) is 4. The molecule has 108 valence electrons. The number of likely N-dealkylation sites (N-methyl/N-ethyl adjacent to an activating group) is 1. The lowest BCUT2D eigenvalue weighted by Gasteiger charge is -2.29. The lowest BCUT2D eigenvalue weighted by molar-refractivity contribution is 0.217. The Balaban J connectivity index is 3.04. The molecule has 1 aromatic rings. The van der Waals surface area contributed by atoms with Crippen molar-refractivity contribution >= 4 is 5.69 Å². The molecule has 1 unspecified atom stereocenters. The van der Waals surface area contributed by atoms with Crippen LogP contribution >= 0.6 is 0 Å². The first-order chi connectivity index (χ1) is 9.04. The van der Waals surface area contributed by atoms with Crippen molar-refractivity contribution in [3.8, 4) is 5.75 Å². The Morgan fingerprint density at radius 3 is 2.42 bits per heavy atom. The summed E-state index contributed by atoms with van der Waals surface area (Å²) in [6.45, 7) is 4.34. The van der Waals surface area contributed by atoms with E-state index in [2.05, 4.69) is 19.9 Å². The number of ether oxygens (including phenoxy) is 1. The minimum atomic E-state index is -0.108. The Morgan fingerprint density at radius 1 is 1.26 bits per heavy atom. The maximum absolute atomic E-state index is 9.40. The van der Waals surface area contributed by atoms with Crippen LogP contribution < -0.4 is 9.64 Å². The van der Waals surface area contributed by atoms with Gasteiger partial charge in [0.05, 0.1) is 25.4 Å². The Morgan fingerprint density at radius 2 is 1.95 bits per heavy atom. The average Bonchev–Trinajstić information content (AvgIpc) is 2.43. The van der Waals surface area contributed by atoms with Gasteiger partial charge in [-0.2, -0.15) is 0 Å². The predicted molar refractivity (Wildman–Crippen MR) is 78.1 cm³/mol. The molecule has 0 saturated heterocycles. The van der Waals surface area contributed by atoms with Crippen molar-refractivity contribution in [1.29, 1.82) is 0 Å². The van der Waals surface area contributed by atoms with Gasteiger partial charge in [0.25, 0.3) is 0 Å². The lowest BCUT2D eigenvalue weighted by Crippen LogP contribution is -2.35. The van der Waals surface area contributed by atoms with Crippen molar-refractivity contribution in [2.24, 2.45) is 0 Å². The Hall–Kier alpha value is -1.26. The van der Waals surface area contributed by atoms with Crippen LogP contribution in [-0.2, 0) is 0 Å². The zero-order chi connectivity index (χ0) is 14.4. The molecule has 0 bridgehead atoms. The number of anilines is 1. The molecule has 0 aromatic heterocycles. The van der Waals surface area contributed by atoms with Gasteiger partial charge < -0.3 is 19.8 Å². The van der Waals surface area contributed by atoms with E-state index in [9.17, 15) is 5.11 Å². The normalized spacial score (nSPS) is 12.6. The monoisotopic (exact) mass is 267 g/mol. The largest absolute Gasteiger partial charge is 0.495 e. The number of benzene rings is 1. The molecule has 0 amide bonds. The van der Waals surface area contributed by atoms with Crippen LogP contribution in [0.5, 0.6) is 5.75 Å². The van der Waals surface area contributed by atoms with Gasteiger partial charge in [0.2, 0.25) is 0 Å². The number of methoxy groups -OCH3 is 1. The zero-order valence-corrected chi connectivity index (χ0v) is 12.3. The van der Waals surface area contributed by atoms with E-state index >= 15 is 0 Å². The molecule has 0 saturated carbocycles. The van der Waals surface area contributed by atoms with Gasteiger partial charge in [0, 0.05) is 13.7 Å². The second-order valence-corrected chi connectivity index (χ2v) is 5.05. The van der Waals surface area contributed by atoms with E-state index in [1.54, 1.807) is 7.11 Å². The van der Waals surface area contributed by atoms with Crippen LogP contribution in [0.1, 0.15) is 31.7 Å². The predicted octanol–water partition coefficient (Wildman–Crippen LogP) is 2.00. The molecular formula is C15H25NO3. The smallest absolute Gasteiger partial charge is 0.142 e. The summed E-state index contributed by atoms with van der Waals surface area (Å²) in [6.07, 6.45) is 0.530.